The highest BCUT2D eigenvalue weighted by Gasteiger charge is 2.24. The Bertz CT molecular complexity index is 836. The molecule has 0 bridgehead atoms. The zero-order chi connectivity index (χ0) is 19.4. The topological polar surface area (TPSA) is 76.7 Å². The number of nitrogens with one attached hydrogen (secondary N) is 2. The first kappa shape index (κ1) is 19.0. The van der Waals surface area contributed by atoms with Crippen molar-refractivity contribution in [3.63, 3.8) is 0 Å². The van der Waals surface area contributed by atoms with Gasteiger partial charge in [0.05, 0.1) is 0 Å². The van der Waals surface area contributed by atoms with Gasteiger partial charge in [0.25, 0.3) is 5.91 Å². The summed E-state index contributed by atoms with van der Waals surface area (Å²) in [5.41, 5.74) is 1.34. The molecule has 0 spiro atoms. The van der Waals surface area contributed by atoms with Crippen LogP contribution in [0.2, 0.25) is 5.02 Å². The maximum atomic E-state index is 12.6. The molecule has 7 heteroatoms. The molecule has 0 aliphatic carbocycles. The molecule has 3 rings (SSSR count). The fourth-order valence-electron chi connectivity index (χ4n) is 2.71. The summed E-state index contributed by atoms with van der Waals surface area (Å²) in [6, 6.07) is 11.4. The fraction of sp³-hybridized carbons (Fsp3) is 0.300. The zero-order valence-electron chi connectivity index (χ0n) is 15.1. The molecule has 2 amide bonds. The van der Waals surface area contributed by atoms with Gasteiger partial charge < -0.3 is 20.1 Å². The van der Waals surface area contributed by atoms with Crippen molar-refractivity contribution in [3.05, 3.63) is 58.6 Å². The predicted molar refractivity (Wildman–Crippen MR) is 102 cm³/mol. The summed E-state index contributed by atoms with van der Waals surface area (Å²) in [5, 5.41) is 6.21. The SMILES string of the molecule is CC(C)[C@@H](NC(=O)c1ccc(Cl)cc1)C(=O)NCc1ccc2c(c1)OCO2. The molecule has 1 aliphatic heterocycles. The predicted octanol–water partition coefficient (Wildman–Crippen LogP) is 3.14. The summed E-state index contributed by atoms with van der Waals surface area (Å²) in [5.74, 6) is 0.727. The quantitative estimate of drug-likeness (QED) is 0.797. The average molecular weight is 389 g/mol. The maximum absolute atomic E-state index is 12.6. The van der Waals surface area contributed by atoms with Crippen LogP contribution in [0.25, 0.3) is 0 Å². The molecule has 0 saturated heterocycles. The van der Waals surface area contributed by atoms with Gasteiger partial charge in [-0.15, -0.1) is 0 Å². The summed E-state index contributed by atoms with van der Waals surface area (Å²) in [6.45, 7) is 4.30. The lowest BCUT2D eigenvalue weighted by atomic mass is 10.0. The Labute approximate surface area is 162 Å². The Morgan fingerprint density at radius 1 is 1.07 bits per heavy atom. The first-order valence-electron chi connectivity index (χ1n) is 8.66. The van der Waals surface area contributed by atoms with Crippen molar-refractivity contribution >= 4 is 23.4 Å². The standard InChI is InChI=1S/C20H21ClN2O4/c1-12(2)18(23-19(24)14-4-6-15(21)7-5-14)20(25)22-10-13-3-8-16-17(9-13)27-11-26-16/h3-9,12,18H,10-11H2,1-2H3,(H,22,25)(H,23,24)/t18-/m1/s1. The lowest BCUT2D eigenvalue weighted by molar-refractivity contribution is -0.124. The molecule has 1 heterocycles. The number of ether oxygens (including phenoxy) is 2. The molecule has 0 unspecified atom stereocenters. The summed E-state index contributed by atoms with van der Waals surface area (Å²) in [6.07, 6.45) is 0. The van der Waals surface area contributed by atoms with Crippen molar-refractivity contribution in [2.45, 2.75) is 26.4 Å². The summed E-state index contributed by atoms with van der Waals surface area (Å²) in [4.78, 5) is 25.0. The molecule has 142 valence electrons. The number of rotatable bonds is 6. The monoisotopic (exact) mass is 388 g/mol. The van der Waals surface area contributed by atoms with Crippen LogP contribution in [-0.4, -0.2) is 24.6 Å². The van der Waals surface area contributed by atoms with Crippen LogP contribution in [0.1, 0.15) is 29.8 Å². The van der Waals surface area contributed by atoms with Crippen molar-refractivity contribution in [1.82, 2.24) is 10.6 Å². The van der Waals surface area contributed by atoms with E-state index in [1.807, 2.05) is 32.0 Å². The molecule has 0 saturated carbocycles. The van der Waals surface area contributed by atoms with Crippen molar-refractivity contribution in [1.29, 1.82) is 0 Å². The van der Waals surface area contributed by atoms with E-state index in [1.54, 1.807) is 24.3 Å². The third-order valence-electron chi connectivity index (χ3n) is 4.25. The van der Waals surface area contributed by atoms with E-state index in [4.69, 9.17) is 21.1 Å². The third-order valence-corrected chi connectivity index (χ3v) is 4.50. The van der Waals surface area contributed by atoms with Gasteiger partial charge in [0, 0.05) is 17.1 Å². The molecule has 2 aromatic rings. The highest BCUT2D eigenvalue weighted by atomic mass is 35.5. The average Bonchev–Trinajstić information content (AvgIpc) is 3.12. The molecule has 27 heavy (non-hydrogen) atoms. The van der Waals surface area contributed by atoms with E-state index < -0.39 is 6.04 Å². The third kappa shape index (κ3) is 4.71. The summed E-state index contributed by atoms with van der Waals surface area (Å²) >= 11 is 5.85. The lowest BCUT2D eigenvalue weighted by Crippen LogP contribution is -2.49. The highest BCUT2D eigenvalue weighted by molar-refractivity contribution is 6.30. The zero-order valence-corrected chi connectivity index (χ0v) is 15.9. The molecule has 0 radical (unpaired) electrons. The van der Waals surface area contributed by atoms with Crippen LogP contribution in [0, 0.1) is 5.92 Å². The van der Waals surface area contributed by atoms with Crippen LogP contribution in [0.15, 0.2) is 42.5 Å². The number of amides is 2. The van der Waals surface area contributed by atoms with Crippen molar-refractivity contribution in [2.75, 3.05) is 6.79 Å². The molecule has 2 N–H and O–H groups in total. The minimum Gasteiger partial charge on any atom is -0.454 e. The molecule has 0 aromatic heterocycles. The van der Waals surface area contributed by atoms with Crippen molar-refractivity contribution in [2.24, 2.45) is 5.92 Å². The van der Waals surface area contributed by atoms with E-state index in [0.29, 0.717) is 28.6 Å². The second kappa shape index (κ2) is 8.31. The van der Waals surface area contributed by atoms with Gasteiger partial charge in [0.1, 0.15) is 6.04 Å². The molecular formula is C20H21ClN2O4. The minimum atomic E-state index is -0.651. The van der Waals surface area contributed by atoms with Gasteiger partial charge in [-0.3, -0.25) is 9.59 Å². The van der Waals surface area contributed by atoms with E-state index >= 15 is 0 Å². The van der Waals surface area contributed by atoms with E-state index in [-0.39, 0.29) is 24.5 Å². The molecule has 1 aliphatic rings. The van der Waals surface area contributed by atoms with Crippen LogP contribution in [0.5, 0.6) is 11.5 Å². The molecule has 1 atom stereocenters. The highest BCUT2D eigenvalue weighted by Crippen LogP contribution is 2.32. The summed E-state index contributed by atoms with van der Waals surface area (Å²) < 4.78 is 10.6. The Kier molecular flexibility index (Phi) is 5.86. The Morgan fingerprint density at radius 2 is 1.78 bits per heavy atom. The summed E-state index contributed by atoms with van der Waals surface area (Å²) in [7, 11) is 0. The Morgan fingerprint density at radius 3 is 2.48 bits per heavy atom. The molecule has 0 fully saturated rings. The van der Waals surface area contributed by atoms with Gasteiger partial charge in [-0.25, -0.2) is 0 Å². The molecule has 6 nitrogen and oxygen atoms in total. The second-order valence-electron chi connectivity index (χ2n) is 6.61. The number of fused-ring (bicyclic) bond motifs is 1. The van der Waals surface area contributed by atoms with Crippen molar-refractivity contribution in [3.8, 4) is 11.5 Å². The van der Waals surface area contributed by atoms with E-state index in [9.17, 15) is 9.59 Å². The first-order chi connectivity index (χ1) is 12.9. The molecule has 2 aromatic carbocycles. The van der Waals surface area contributed by atoms with Crippen LogP contribution < -0.4 is 20.1 Å². The number of halogens is 1. The smallest absolute Gasteiger partial charge is 0.251 e. The van der Waals surface area contributed by atoms with Gasteiger partial charge in [-0.2, -0.15) is 0 Å². The van der Waals surface area contributed by atoms with Gasteiger partial charge in [-0.05, 0) is 47.9 Å². The number of carbonyl (C=O) groups excluding carboxylic acids is 2. The number of carbonyl (C=O) groups is 2. The van der Waals surface area contributed by atoms with Crippen LogP contribution in [-0.2, 0) is 11.3 Å². The van der Waals surface area contributed by atoms with E-state index in [0.717, 1.165) is 5.56 Å². The Balaban J connectivity index is 1.61. The van der Waals surface area contributed by atoms with Crippen LogP contribution in [0.4, 0.5) is 0 Å². The van der Waals surface area contributed by atoms with Gasteiger partial charge >= 0.3 is 0 Å². The number of hydrogen-bond donors (Lipinski definition) is 2. The number of hydrogen-bond acceptors (Lipinski definition) is 4. The fourth-order valence-corrected chi connectivity index (χ4v) is 2.84. The van der Waals surface area contributed by atoms with Crippen molar-refractivity contribution < 1.29 is 19.1 Å². The van der Waals surface area contributed by atoms with Crippen LogP contribution in [0.3, 0.4) is 0 Å². The second-order valence-corrected chi connectivity index (χ2v) is 7.04. The van der Waals surface area contributed by atoms with E-state index in [2.05, 4.69) is 10.6 Å². The van der Waals surface area contributed by atoms with Gasteiger partial charge in [0.15, 0.2) is 11.5 Å². The van der Waals surface area contributed by atoms with Gasteiger partial charge in [0.2, 0.25) is 12.7 Å². The number of benzene rings is 2. The van der Waals surface area contributed by atoms with Gasteiger partial charge in [-0.1, -0.05) is 31.5 Å². The lowest BCUT2D eigenvalue weighted by Gasteiger charge is -2.22. The molecular weight excluding hydrogens is 368 g/mol. The van der Waals surface area contributed by atoms with Crippen LogP contribution >= 0.6 is 11.6 Å². The first-order valence-corrected chi connectivity index (χ1v) is 9.04. The normalized spacial score (nSPS) is 13.3. The Hall–Kier alpha value is -2.73. The minimum absolute atomic E-state index is 0.0713. The maximum Gasteiger partial charge on any atom is 0.251 e. The largest absolute Gasteiger partial charge is 0.454 e. The van der Waals surface area contributed by atoms with E-state index in [1.165, 1.54) is 0 Å².